The molecule has 3 heterocycles. The molecular formula is C52H32N2OS. The van der Waals surface area contributed by atoms with Crippen LogP contribution in [-0.4, -0.2) is 9.97 Å². The van der Waals surface area contributed by atoms with Crippen molar-refractivity contribution < 1.29 is 4.42 Å². The van der Waals surface area contributed by atoms with Crippen molar-refractivity contribution >= 4 is 53.6 Å². The van der Waals surface area contributed by atoms with Crippen molar-refractivity contribution in [1.82, 2.24) is 9.97 Å². The number of fused-ring (bicyclic) bond motifs is 6. The van der Waals surface area contributed by atoms with Crippen LogP contribution < -0.4 is 0 Å². The Kier molecular flexibility index (Phi) is 7.68. The lowest BCUT2D eigenvalue weighted by atomic mass is 9.92. The van der Waals surface area contributed by atoms with Gasteiger partial charge in [0.05, 0.1) is 5.69 Å². The van der Waals surface area contributed by atoms with E-state index in [0.717, 1.165) is 60.1 Å². The third kappa shape index (κ3) is 5.58. The minimum Gasteiger partial charge on any atom is -0.456 e. The van der Waals surface area contributed by atoms with E-state index in [0.29, 0.717) is 5.82 Å². The number of para-hydroxylation sites is 1. The molecule has 0 N–H and O–H groups in total. The van der Waals surface area contributed by atoms with E-state index >= 15 is 0 Å². The summed E-state index contributed by atoms with van der Waals surface area (Å²) in [6, 6.07) is 68.8. The van der Waals surface area contributed by atoms with Gasteiger partial charge in [-0.05, 0) is 93.0 Å². The minimum atomic E-state index is 0.691. The van der Waals surface area contributed by atoms with Crippen LogP contribution in [0.1, 0.15) is 0 Å². The van der Waals surface area contributed by atoms with E-state index in [4.69, 9.17) is 14.4 Å². The normalized spacial score (nSPS) is 11.6. The molecule has 0 amide bonds. The summed E-state index contributed by atoms with van der Waals surface area (Å²) in [4.78, 5) is 11.7. The second-order valence-corrected chi connectivity index (χ2v) is 15.2. The minimum absolute atomic E-state index is 0.691. The molecule has 0 spiro atoms. The number of nitrogens with zero attached hydrogens (tertiary/aromatic N) is 2. The number of aromatic nitrogens is 2. The van der Waals surface area contributed by atoms with E-state index in [1.54, 1.807) is 11.3 Å². The molecule has 4 heteroatoms. The zero-order valence-electron chi connectivity index (χ0n) is 30.2. The van der Waals surface area contributed by atoms with Crippen LogP contribution in [0.2, 0.25) is 0 Å². The number of rotatable bonds is 6. The summed E-state index contributed by atoms with van der Waals surface area (Å²) in [6.07, 6.45) is 0. The molecule has 56 heavy (non-hydrogen) atoms. The Hall–Kier alpha value is -7.14. The molecule has 0 radical (unpaired) electrons. The number of hydrogen-bond acceptors (Lipinski definition) is 4. The summed E-state index contributed by atoms with van der Waals surface area (Å²) in [6.45, 7) is 0. The van der Waals surface area contributed by atoms with Crippen LogP contribution in [0.5, 0.6) is 0 Å². The molecule has 11 aromatic rings. The van der Waals surface area contributed by atoms with Crippen molar-refractivity contribution in [2.45, 2.75) is 0 Å². The Morgan fingerprint density at radius 1 is 0.357 bits per heavy atom. The van der Waals surface area contributed by atoms with E-state index in [-0.39, 0.29) is 0 Å². The zero-order chi connectivity index (χ0) is 37.0. The molecule has 0 saturated heterocycles. The predicted molar refractivity (Wildman–Crippen MR) is 235 cm³/mol. The summed E-state index contributed by atoms with van der Waals surface area (Å²) >= 11 is 1.71. The van der Waals surface area contributed by atoms with Crippen molar-refractivity contribution in [3.05, 3.63) is 194 Å². The first kappa shape index (κ1) is 32.3. The van der Waals surface area contributed by atoms with E-state index in [2.05, 4.69) is 170 Å². The first-order valence-electron chi connectivity index (χ1n) is 18.8. The second-order valence-electron chi connectivity index (χ2n) is 14.1. The first-order chi connectivity index (χ1) is 27.7. The topological polar surface area (TPSA) is 38.9 Å². The van der Waals surface area contributed by atoms with E-state index in [9.17, 15) is 0 Å². The largest absolute Gasteiger partial charge is 0.456 e. The second kappa shape index (κ2) is 13.3. The number of furan rings is 1. The van der Waals surface area contributed by atoms with Gasteiger partial charge in [-0.25, -0.2) is 9.97 Å². The van der Waals surface area contributed by atoms with E-state index in [1.165, 1.54) is 43.5 Å². The Balaban J connectivity index is 1.06. The molecule has 8 aromatic carbocycles. The van der Waals surface area contributed by atoms with Crippen molar-refractivity contribution in [1.29, 1.82) is 0 Å². The summed E-state index contributed by atoms with van der Waals surface area (Å²) in [5.41, 5.74) is 14.0. The lowest BCUT2D eigenvalue weighted by molar-refractivity contribution is 0.669. The molecule has 0 fully saturated rings. The highest BCUT2D eigenvalue weighted by atomic mass is 32.1. The monoisotopic (exact) mass is 732 g/mol. The Morgan fingerprint density at radius 2 is 0.857 bits per heavy atom. The fourth-order valence-corrected chi connectivity index (χ4v) is 9.10. The third-order valence-electron chi connectivity index (χ3n) is 10.7. The predicted octanol–water partition coefficient (Wildman–Crippen LogP) is 14.7. The van der Waals surface area contributed by atoms with Crippen LogP contribution in [0.4, 0.5) is 0 Å². The van der Waals surface area contributed by atoms with Crippen molar-refractivity contribution in [3.8, 4) is 67.2 Å². The summed E-state index contributed by atoms with van der Waals surface area (Å²) in [5.74, 6) is 0.691. The quantitative estimate of drug-likeness (QED) is 0.171. The molecule has 3 aromatic heterocycles. The summed E-state index contributed by atoms with van der Waals surface area (Å²) in [5, 5.41) is 4.34. The smallest absolute Gasteiger partial charge is 0.162 e. The molecule has 11 rings (SSSR count). The average molecular weight is 733 g/mol. The molecule has 0 aliphatic rings. The van der Waals surface area contributed by atoms with Crippen LogP contribution in [-0.2, 0) is 0 Å². The van der Waals surface area contributed by atoms with Gasteiger partial charge in [-0.2, -0.15) is 0 Å². The molecule has 0 saturated carbocycles. The van der Waals surface area contributed by atoms with Gasteiger partial charge in [-0.1, -0.05) is 146 Å². The van der Waals surface area contributed by atoms with Gasteiger partial charge in [0.2, 0.25) is 0 Å². The number of thiophene rings is 1. The van der Waals surface area contributed by atoms with Crippen LogP contribution in [0.3, 0.4) is 0 Å². The Bertz CT molecular complexity index is 3190. The zero-order valence-corrected chi connectivity index (χ0v) is 31.0. The van der Waals surface area contributed by atoms with Gasteiger partial charge < -0.3 is 4.42 Å². The summed E-state index contributed by atoms with van der Waals surface area (Å²) < 4.78 is 7.47. The summed E-state index contributed by atoms with van der Waals surface area (Å²) in [7, 11) is 0. The lowest BCUT2D eigenvalue weighted by Crippen LogP contribution is -1.94. The molecule has 0 atom stereocenters. The highest BCUT2D eigenvalue weighted by Gasteiger charge is 2.20. The lowest BCUT2D eigenvalue weighted by Gasteiger charge is -2.13. The van der Waals surface area contributed by atoms with Crippen LogP contribution in [0, 0.1) is 0 Å². The van der Waals surface area contributed by atoms with E-state index < -0.39 is 0 Å². The SMILES string of the molecule is c1ccc(-c2cc(-c3ccccc3)cc(-c3cccc(-c4cccc(-c5nc(-c6cccc7oc8ccccc8c67)nc6sc7ccccc7c56)c4)c3)c2)cc1. The number of benzene rings is 8. The third-order valence-corrected chi connectivity index (χ3v) is 11.8. The molecule has 0 aliphatic carbocycles. The molecule has 3 nitrogen and oxygen atoms in total. The van der Waals surface area contributed by atoms with Gasteiger partial charge in [0.25, 0.3) is 0 Å². The molecule has 0 aliphatic heterocycles. The first-order valence-corrected chi connectivity index (χ1v) is 19.6. The van der Waals surface area contributed by atoms with Gasteiger partial charge in [-0.15, -0.1) is 11.3 Å². The van der Waals surface area contributed by atoms with Gasteiger partial charge in [0.15, 0.2) is 5.82 Å². The maximum Gasteiger partial charge on any atom is 0.162 e. The van der Waals surface area contributed by atoms with Crippen LogP contribution in [0.15, 0.2) is 199 Å². The Labute approximate surface area is 327 Å². The molecule has 0 unspecified atom stereocenters. The van der Waals surface area contributed by atoms with Gasteiger partial charge in [-0.3, -0.25) is 0 Å². The Morgan fingerprint density at radius 3 is 1.57 bits per heavy atom. The van der Waals surface area contributed by atoms with Crippen molar-refractivity contribution in [2.75, 3.05) is 0 Å². The highest BCUT2D eigenvalue weighted by Crippen LogP contribution is 2.43. The molecule has 0 bridgehead atoms. The van der Waals surface area contributed by atoms with Gasteiger partial charge >= 0.3 is 0 Å². The van der Waals surface area contributed by atoms with Crippen LogP contribution in [0.25, 0.3) is 109 Å². The average Bonchev–Trinajstić information content (AvgIpc) is 3.85. The molecule has 262 valence electrons. The van der Waals surface area contributed by atoms with Crippen molar-refractivity contribution in [3.63, 3.8) is 0 Å². The standard InChI is InChI=1S/C52H32N2OS/c1-3-14-33(15-4-1)39-30-40(34-16-5-2-6-17-34)32-41(31-39)37-20-11-18-35(28-37)36-19-12-21-38(29-36)50-49-43-23-8-10-27-47(43)56-52(49)54-51(53-50)44-24-13-26-46-48(44)42-22-7-9-25-45(42)55-46/h1-32H. The highest BCUT2D eigenvalue weighted by molar-refractivity contribution is 7.25. The van der Waals surface area contributed by atoms with E-state index in [1.807, 2.05) is 24.3 Å². The van der Waals surface area contributed by atoms with Crippen LogP contribution >= 0.6 is 11.3 Å². The molecular weight excluding hydrogens is 701 g/mol. The maximum atomic E-state index is 6.28. The van der Waals surface area contributed by atoms with Crippen molar-refractivity contribution in [2.24, 2.45) is 0 Å². The fourth-order valence-electron chi connectivity index (χ4n) is 8.03. The maximum absolute atomic E-state index is 6.28. The van der Waals surface area contributed by atoms with Gasteiger partial charge in [0.1, 0.15) is 16.0 Å². The van der Waals surface area contributed by atoms with Gasteiger partial charge in [0, 0.05) is 37.4 Å². The fraction of sp³-hybridized carbons (Fsp3) is 0. The number of hydrogen-bond donors (Lipinski definition) is 0.